The molecule has 0 aromatic heterocycles. The molecule has 2 aromatic rings. The summed E-state index contributed by atoms with van der Waals surface area (Å²) in [4.78, 5) is 24.0. The van der Waals surface area contributed by atoms with E-state index in [0.717, 1.165) is 12.0 Å². The maximum Gasteiger partial charge on any atom is 0.337 e. The van der Waals surface area contributed by atoms with Crippen LogP contribution in [0.15, 0.2) is 42.5 Å². The van der Waals surface area contributed by atoms with Gasteiger partial charge < -0.3 is 19.5 Å². The van der Waals surface area contributed by atoms with Crippen LogP contribution in [0.4, 0.5) is 0 Å². The minimum atomic E-state index is -0.513. The van der Waals surface area contributed by atoms with Crippen LogP contribution >= 0.6 is 12.2 Å². The van der Waals surface area contributed by atoms with E-state index in [9.17, 15) is 9.59 Å². The molecule has 0 unspecified atom stereocenters. The first kappa shape index (κ1) is 24.1. The number of hydrogen-bond donors (Lipinski definition) is 2. The van der Waals surface area contributed by atoms with Gasteiger partial charge in [0, 0.05) is 12.1 Å². The summed E-state index contributed by atoms with van der Waals surface area (Å²) < 4.78 is 15.9. The average molecular weight is 445 g/mol. The second kappa shape index (κ2) is 11.9. The summed E-state index contributed by atoms with van der Waals surface area (Å²) in [6, 6.07) is 11.8. The van der Waals surface area contributed by atoms with Gasteiger partial charge in [0.1, 0.15) is 0 Å². The lowest BCUT2D eigenvalue weighted by atomic mass is 10.1. The topological polar surface area (TPSA) is 85.9 Å². The molecule has 2 N–H and O–H groups in total. The molecule has 8 heteroatoms. The van der Waals surface area contributed by atoms with E-state index in [1.807, 2.05) is 18.2 Å². The van der Waals surface area contributed by atoms with Gasteiger partial charge in [-0.3, -0.25) is 10.1 Å². The fraction of sp³-hybridized carbons (Fsp3) is 0.348. The molecule has 7 nitrogen and oxygen atoms in total. The largest absolute Gasteiger partial charge is 0.493 e. The third-order valence-corrected chi connectivity index (χ3v) is 4.65. The average Bonchev–Trinajstić information content (AvgIpc) is 2.77. The van der Waals surface area contributed by atoms with Gasteiger partial charge in [-0.1, -0.05) is 26.0 Å². The summed E-state index contributed by atoms with van der Waals surface area (Å²) in [7, 11) is 2.88. The van der Waals surface area contributed by atoms with Gasteiger partial charge in [0.05, 0.1) is 26.4 Å². The molecule has 0 atom stereocenters. The van der Waals surface area contributed by atoms with Crippen LogP contribution in [0.3, 0.4) is 0 Å². The quantitative estimate of drug-likeness (QED) is 0.450. The van der Waals surface area contributed by atoms with Crippen molar-refractivity contribution in [3.8, 4) is 11.5 Å². The van der Waals surface area contributed by atoms with E-state index in [-0.39, 0.29) is 10.7 Å². The highest BCUT2D eigenvalue weighted by Gasteiger charge is 2.12. The highest BCUT2D eigenvalue weighted by molar-refractivity contribution is 7.80. The molecule has 0 heterocycles. The lowest BCUT2D eigenvalue weighted by Crippen LogP contribution is -2.38. The summed E-state index contributed by atoms with van der Waals surface area (Å²) in [6.07, 6.45) is 0.961. The smallest absolute Gasteiger partial charge is 0.337 e. The Morgan fingerprint density at radius 2 is 1.77 bits per heavy atom. The first-order chi connectivity index (χ1) is 14.8. The molecule has 0 fully saturated rings. The predicted octanol–water partition coefficient (Wildman–Crippen LogP) is 3.71. The van der Waals surface area contributed by atoms with E-state index >= 15 is 0 Å². The van der Waals surface area contributed by atoms with Crippen molar-refractivity contribution in [3.63, 3.8) is 0 Å². The summed E-state index contributed by atoms with van der Waals surface area (Å²) in [5.74, 6) is 0.954. The number of thiocarbonyl (C=S) groups is 1. The SMILES string of the molecule is COC(=O)c1cccc(C(=O)NC(=S)NCc2ccc(OCCC(C)C)c(OC)c2)c1. The maximum absolute atomic E-state index is 12.4. The summed E-state index contributed by atoms with van der Waals surface area (Å²) >= 11 is 5.21. The number of esters is 1. The number of amides is 1. The Labute approximate surface area is 188 Å². The van der Waals surface area contributed by atoms with Crippen LogP contribution in [-0.4, -0.2) is 37.8 Å². The zero-order valence-corrected chi connectivity index (χ0v) is 19.0. The minimum Gasteiger partial charge on any atom is -0.493 e. The van der Waals surface area contributed by atoms with Crippen molar-refractivity contribution in [1.29, 1.82) is 0 Å². The molecule has 0 aliphatic carbocycles. The summed E-state index contributed by atoms with van der Waals surface area (Å²) in [5.41, 5.74) is 1.51. The Kier molecular flexibility index (Phi) is 9.27. The van der Waals surface area contributed by atoms with Crippen LogP contribution in [0, 0.1) is 5.92 Å². The first-order valence-electron chi connectivity index (χ1n) is 9.91. The van der Waals surface area contributed by atoms with Gasteiger partial charge in [0.15, 0.2) is 16.6 Å². The van der Waals surface area contributed by atoms with Crippen molar-refractivity contribution < 1.29 is 23.8 Å². The monoisotopic (exact) mass is 444 g/mol. The standard InChI is InChI=1S/C23H28N2O5S/c1-15(2)10-11-30-19-9-8-16(12-20(19)28-3)14-24-23(31)25-21(26)17-6-5-7-18(13-17)22(27)29-4/h5-9,12-13,15H,10-11,14H2,1-4H3,(H2,24,25,26,31). The Balaban J connectivity index is 1.92. The number of carbonyl (C=O) groups is 2. The van der Waals surface area contributed by atoms with Crippen molar-refractivity contribution in [3.05, 3.63) is 59.2 Å². The number of nitrogens with one attached hydrogen (secondary N) is 2. The number of ether oxygens (including phenoxy) is 3. The second-order valence-electron chi connectivity index (χ2n) is 7.23. The number of benzene rings is 2. The van der Waals surface area contributed by atoms with Crippen LogP contribution in [0.1, 0.15) is 46.5 Å². The molecule has 0 bridgehead atoms. The molecule has 2 aromatic carbocycles. The van der Waals surface area contributed by atoms with Crippen LogP contribution in [0.5, 0.6) is 11.5 Å². The maximum atomic E-state index is 12.4. The molecule has 2 rings (SSSR count). The Bertz CT molecular complexity index is 930. The van der Waals surface area contributed by atoms with Crippen LogP contribution in [0.2, 0.25) is 0 Å². The number of carbonyl (C=O) groups excluding carboxylic acids is 2. The van der Waals surface area contributed by atoms with Crippen molar-refractivity contribution in [2.75, 3.05) is 20.8 Å². The van der Waals surface area contributed by atoms with Crippen molar-refractivity contribution in [2.45, 2.75) is 26.8 Å². The molecular weight excluding hydrogens is 416 g/mol. The van der Waals surface area contributed by atoms with E-state index in [0.29, 0.717) is 36.1 Å². The molecule has 0 spiro atoms. The molecule has 0 aliphatic rings. The zero-order chi connectivity index (χ0) is 22.8. The third-order valence-electron chi connectivity index (χ3n) is 4.41. The zero-order valence-electron chi connectivity index (χ0n) is 18.2. The normalized spacial score (nSPS) is 10.4. The van der Waals surface area contributed by atoms with E-state index in [1.165, 1.54) is 13.2 Å². The molecular formula is C23H28N2O5S. The molecule has 0 saturated carbocycles. The highest BCUT2D eigenvalue weighted by Crippen LogP contribution is 2.28. The van der Waals surface area contributed by atoms with Gasteiger partial charge in [-0.05, 0) is 60.5 Å². The van der Waals surface area contributed by atoms with Gasteiger partial charge in [-0.15, -0.1) is 0 Å². The van der Waals surface area contributed by atoms with Crippen LogP contribution in [-0.2, 0) is 11.3 Å². The van der Waals surface area contributed by atoms with Crippen molar-refractivity contribution >= 4 is 29.2 Å². The summed E-state index contributed by atoms with van der Waals surface area (Å²) in [6.45, 7) is 5.31. The number of hydrogen-bond acceptors (Lipinski definition) is 6. The van der Waals surface area contributed by atoms with Crippen molar-refractivity contribution in [1.82, 2.24) is 10.6 Å². The predicted molar refractivity (Wildman–Crippen MR) is 123 cm³/mol. The van der Waals surface area contributed by atoms with Crippen LogP contribution in [0.25, 0.3) is 0 Å². The molecule has 0 radical (unpaired) electrons. The van der Waals surface area contributed by atoms with Gasteiger partial charge in [-0.25, -0.2) is 4.79 Å². The van der Waals surface area contributed by atoms with E-state index in [2.05, 4.69) is 29.2 Å². The van der Waals surface area contributed by atoms with Gasteiger partial charge in [-0.2, -0.15) is 0 Å². The second-order valence-corrected chi connectivity index (χ2v) is 7.63. The number of rotatable bonds is 9. The van der Waals surface area contributed by atoms with Crippen molar-refractivity contribution in [2.24, 2.45) is 5.92 Å². The van der Waals surface area contributed by atoms with Gasteiger partial charge in [0.25, 0.3) is 5.91 Å². The molecule has 166 valence electrons. The van der Waals surface area contributed by atoms with E-state index in [4.69, 9.17) is 21.7 Å². The highest BCUT2D eigenvalue weighted by atomic mass is 32.1. The van der Waals surface area contributed by atoms with E-state index in [1.54, 1.807) is 25.3 Å². The summed E-state index contributed by atoms with van der Waals surface area (Å²) in [5, 5.41) is 5.76. The van der Waals surface area contributed by atoms with Crippen LogP contribution < -0.4 is 20.1 Å². The Morgan fingerprint density at radius 1 is 1.03 bits per heavy atom. The molecule has 31 heavy (non-hydrogen) atoms. The Morgan fingerprint density at radius 3 is 2.45 bits per heavy atom. The van der Waals surface area contributed by atoms with E-state index < -0.39 is 11.9 Å². The fourth-order valence-electron chi connectivity index (χ4n) is 2.65. The lowest BCUT2D eigenvalue weighted by Gasteiger charge is -2.14. The fourth-order valence-corrected chi connectivity index (χ4v) is 2.82. The molecule has 0 saturated heterocycles. The van der Waals surface area contributed by atoms with Gasteiger partial charge >= 0.3 is 5.97 Å². The minimum absolute atomic E-state index is 0.171. The van der Waals surface area contributed by atoms with Gasteiger partial charge in [0.2, 0.25) is 0 Å². The lowest BCUT2D eigenvalue weighted by molar-refractivity contribution is 0.0600. The third kappa shape index (κ3) is 7.57. The first-order valence-corrected chi connectivity index (χ1v) is 10.3. The number of methoxy groups -OCH3 is 2. The molecule has 1 amide bonds. The Hall–Kier alpha value is -3.13. The molecule has 0 aliphatic heterocycles.